The molecule has 2 aliphatic rings. The normalized spacial score (nSPS) is 25.1. The van der Waals surface area contributed by atoms with Crippen molar-refractivity contribution >= 4 is 11.6 Å². The Labute approximate surface area is 114 Å². The van der Waals surface area contributed by atoms with Gasteiger partial charge in [0.2, 0.25) is 5.91 Å². The topological polar surface area (TPSA) is 44.4 Å². The Balaban J connectivity index is 1.84. The maximum atomic E-state index is 11.9. The van der Waals surface area contributed by atoms with Crippen LogP contribution in [-0.2, 0) is 11.2 Å². The van der Waals surface area contributed by atoms with E-state index in [2.05, 4.69) is 39.8 Å². The maximum Gasteiger partial charge on any atom is 0.224 e. The fourth-order valence-corrected chi connectivity index (χ4v) is 2.91. The van der Waals surface area contributed by atoms with Gasteiger partial charge in [0.05, 0.1) is 0 Å². The van der Waals surface area contributed by atoms with Crippen LogP contribution >= 0.6 is 0 Å². The molecule has 102 valence electrons. The summed E-state index contributed by atoms with van der Waals surface area (Å²) in [6.07, 6.45) is 1.14. The molecule has 1 fully saturated rings. The molecule has 2 bridgehead atoms. The van der Waals surface area contributed by atoms with E-state index >= 15 is 0 Å². The Hall–Kier alpha value is -1.55. The predicted octanol–water partition coefficient (Wildman–Crippen LogP) is 1.12. The number of nitrogens with one attached hydrogen (secondary N) is 2. The summed E-state index contributed by atoms with van der Waals surface area (Å²) in [4.78, 5) is 14.3. The SMILES string of the molecule is CC(C)C(=O)NC1CNC2Cc3ccccc3N1C2. The number of para-hydroxylation sites is 1. The van der Waals surface area contributed by atoms with Crippen LogP contribution in [0.15, 0.2) is 24.3 Å². The zero-order chi connectivity index (χ0) is 13.4. The standard InChI is InChI=1S/C15H21N3O/c1-10(2)15(19)17-14-8-16-12-7-11-5-3-4-6-13(11)18(14)9-12/h3-6,10,12,14,16H,7-9H2,1-2H3,(H,17,19). The van der Waals surface area contributed by atoms with E-state index in [9.17, 15) is 4.79 Å². The first-order valence-corrected chi connectivity index (χ1v) is 7.03. The third-order valence-electron chi connectivity index (χ3n) is 3.99. The van der Waals surface area contributed by atoms with Crippen LogP contribution in [0.3, 0.4) is 0 Å². The number of carbonyl (C=O) groups is 1. The molecule has 4 nitrogen and oxygen atoms in total. The van der Waals surface area contributed by atoms with Crippen LogP contribution in [0.2, 0.25) is 0 Å². The molecule has 2 heterocycles. The Bertz CT molecular complexity index is 486. The fourth-order valence-electron chi connectivity index (χ4n) is 2.91. The number of anilines is 1. The molecule has 0 spiro atoms. The second-order valence-electron chi connectivity index (χ2n) is 5.77. The highest BCUT2D eigenvalue weighted by Crippen LogP contribution is 2.30. The summed E-state index contributed by atoms with van der Waals surface area (Å²) in [5.41, 5.74) is 2.64. The minimum absolute atomic E-state index is 0.0257. The molecule has 0 aliphatic carbocycles. The molecule has 2 aliphatic heterocycles. The molecule has 3 rings (SSSR count). The first-order valence-electron chi connectivity index (χ1n) is 7.03. The molecule has 19 heavy (non-hydrogen) atoms. The lowest BCUT2D eigenvalue weighted by Crippen LogP contribution is -2.65. The van der Waals surface area contributed by atoms with Gasteiger partial charge in [-0.25, -0.2) is 0 Å². The van der Waals surface area contributed by atoms with E-state index in [1.165, 1.54) is 11.3 Å². The van der Waals surface area contributed by atoms with Gasteiger partial charge < -0.3 is 15.5 Å². The van der Waals surface area contributed by atoms with Crippen LogP contribution in [0.1, 0.15) is 19.4 Å². The van der Waals surface area contributed by atoms with Crippen LogP contribution in [0, 0.1) is 5.92 Å². The summed E-state index contributed by atoms with van der Waals surface area (Å²) < 4.78 is 0. The van der Waals surface area contributed by atoms with Crippen LogP contribution in [-0.4, -0.2) is 31.2 Å². The number of rotatable bonds is 2. The molecule has 0 radical (unpaired) electrons. The highest BCUT2D eigenvalue weighted by Gasteiger charge is 2.34. The van der Waals surface area contributed by atoms with Crippen molar-refractivity contribution < 1.29 is 4.79 Å². The van der Waals surface area contributed by atoms with Gasteiger partial charge in [0.15, 0.2) is 0 Å². The van der Waals surface area contributed by atoms with Crippen molar-refractivity contribution in [3.8, 4) is 0 Å². The average Bonchev–Trinajstić information content (AvgIpc) is 2.41. The molecule has 0 saturated carbocycles. The van der Waals surface area contributed by atoms with Gasteiger partial charge in [-0.15, -0.1) is 0 Å². The smallest absolute Gasteiger partial charge is 0.224 e. The largest absolute Gasteiger partial charge is 0.348 e. The van der Waals surface area contributed by atoms with Gasteiger partial charge in [-0.1, -0.05) is 32.0 Å². The summed E-state index contributed by atoms with van der Waals surface area (Å²) in [5, 5.41) is 6.67. The van der Waals surface area contributed by atoms with E-state index in [-0.39, 0.29) is 18.0 Å². The predicted molar refractivity (Wildman–Crippen MR) is 76.1 cm³/mol. The molecule has 1 amide bonds. The quantitative estimate of drug-likeness (QED) is 0.836. The van der Waals surface area contributed by atoms with Crippen molar-refractivity contribution in [1.29, 1.82) is 0 Å². The van der Waals surface area contributed by atoms with E-state index in [4.69, 9.17) is 0 Å². The summed E-state index contributed by atoms with van der Waals surface area (Å²) >= 11 is 0. The van der Waals surface area contributed by atoms with Crippen LogP contribution in [0.4, 0.5) is 5.69 Å². The van der Waals surface area contributed by atoms with Crippen LogP contribution in [0.25, 0.3) is 0 Å². The molecule has 2 atom stereocenters. The molecule has 2 unspecified atom stereocenters. The van der Waals surface area contributed by atoms with Gasteiger partial charge in [-0.2, -0.15) is 0 Å². The highest BCUT2D eigenvalue weighted by molar-refractivity contribution is 5.78. The summed E-state index contributed by atoms with van der Waals surface area (Å²) in [6.45, 7) is 5.65. The van der Waals surface area contributed by atoms with Crippen LogP contribution < -0.4 is 15.5 Å². The fraction of sp³-hybridized carbons (Fsp3) is 0.533. The average molecular weight is 259 g/mol. The molecule has 2 N–H and O–H groups in total. The molecule has 1 aromatic carbocycles. The highest BCUT2D eigenvalue weighted by atomic mass is 16.2. The monoisotopic (exact) mass is 259 g/mol. The van der Waals surface area contributed by atoms with Crippen molar-refractivity contribution in [1.82, 2.24) is 10.6 Å². The Morgan fingerprint density at radius 1 is 1.42 bits per heavy atom. The summed E-state index contributed by atoms with van der Waals surface area (Å²) in [6, 6.07) is 9.00. The molecule has 4 heteroatoms. The Morgan fingerprint density at radius 3 is 3.00 bits per heavy atom. The first kappa shape index (κ1) is 12.5. The van der Waals surface area contributed by atoms with Gasteiger partial charge in [-0.3, -0.25) is 4.79 Å². The number of piperazine rings is 1. The van der Waals surface area contributed by atoms with Crippen molar-refractivity contribution in [2.75, 3.05) is 18.0 Å². The Morgan fingerprint density at radius 2 is 2.21 bits per heavy atom. The first-order chi connectivity index (χ1) is 9.15. The third-order valence-corrected chi connectivity index (χ3v) is 3.99. The van der Waals surface area contributed by atoms with Crippen molar-refractivity contribution in [2.45, 2.75) is 32.5 Å². The maximum absolute atomic E-state index is 11.9. The van der Waals surface area contributed by atoms with Crippen molar-refractivity contribution in [3.63, 3.8) is 0 Å². The van der Waals surface area contributed by atoms with Gasteiger partial charge in [0.1, 0.15) is 6.17 Å². The minimum Gasteiger partial charge on any atom is -0.348 e. The molecule has 0 aromatic heterocycles. The van der Waals surface area contributed by atoms with Gasteiger partial charge in [0.25, 0.3) is 0 Å². The van der Waals surface area contributed by atoms with Gasteiger partial charge in [0, 0.05) is 30.7 Å². The minimum atomic E-state index is 0.0257. The summed E-state index contributed by atoms with van der Waals surface area (Å²) in [7, 11) is 0. The van der Waals surface area contributed by atoms with Gasteiger partial charge >= 0.3 is 0 Å². The lowest BCUT2D eigenvalue weighted by molar-refractivity contribution is -0.124. The molecular formula is C15H21N3O. The number of fused-ring (bicyclic) bond motifs is 4. The third kappa shape index (κ3) is 2.32. The van der Waals surface area contributed by atoms with Crippen molar-refractivity contribution in [3.05, 3.63) is 29.8 Å². The summed E-state index contributed by atoms with van der Waals surface area (Å²) in [5.74, 6) is 0.145. The lowest BCUT2D eigenvalue weighted by Gasteiger charge is -2.46. The number of hydrogen-bond acceptors (Lipinski definition) is 3. The molecular weight excluding hydrogens is 238 g/mol. The molecule has 1 aromatic rings. The van der Waals surface area contributed by atoms with Crippen molar-refractivity contribution in [2.24, 2.45) is 5.92 Å². The van der Waals surface area contributed by atoms with E-state index < -0.39 is 0 Å². The van der Waals surface area contributed by atoms with Gasteiger partial charge in [-0.05, 0) is 18.1 Å². The number of nitrogens with zero attached hydrogens (tertiary/aromatic N) is 1. The second-order valence-corrected chi connectivity index (χ2v) is 5.77. The van der Waals surface area contributed by atoms with E-state index in [1.54, 1.807) is 0 Å². The number of carbonyl (C=O) groups excluding carboxylic acids is 1. The number of hydrogen-bond donors (Lipinski definition) is 2. The Kier molecular flexibility index (Phi) is 3.19. The second kappa shape index (κ2) is 4.85. The zero-order valence-electron chi connectivity index (χ0n) is 11.5. The van der Waals surface area contributed by atoms with E-state index in [0.717, 1.165) is 19.5 Å². The van der Waals surface area contributed by atoms with Crippen LogP contribution in [0.5, 0.6) is 0 Å². The van der Waals surface area contributed by atoms with E-state index in [1.807, 2.05) is 13.8 Å². The molecule has 1 saturated heterocycles. The number of benzene rings is 1. The zero-order valence-corrected chi connectivity index (χ0v) is 11.5. The lowest BCUT2D eigenvalue weighted by atomic mass is 9.95. The number of amides is 1. The van der Waals surface area contributed by atoms with E-state index in [0.29, 0.717) is 6.04 Å².